The summed E-state index contributed by atoms with van der Waals surface area (Å²) in [5.74, 6) is -0.195. The van der Waals surface area contributed by atoms with Crippen molar-refractivity contribution in [3.05, 3.63) is 12.2 Å². The Morgan fingerprint density at radius 1 is 1.08 bits per heavy atom. The van der Waals surface area contributed by atoms with E-state index in [-0.39, 0.29) is 23.9 Å². The normalized spacial score (nSPS) is 41.5. The Hall–Kier alpha value is -1.36. The standard InChI is InChI=1S/C21H32O5/c1-12(2)16-9-6-13(3)10-17(16)26-21(20(23)25-5)15-8-7-14(11-15)18(21)19(22)24-4/h7-8,12-18H,6,9-11H2,1-5H3/t13-,14-,15+,16+,17-,18-,21-/m0/s1. The molecule has 0 aromatic rings. The predicted octanol–water partition coefficient (Wildman–Crippen LogP) is 3.37. The highest BCUT2D eigenvalue weighted by Gasteiger charge is 2.66. The molecule has 5 nitrogen and oxygen atoms in total. The summed E-state index contributed by atoms with van der Waals surface area (Å²) in [4.78, 5) is 25.6. The fourth-order valence-electron chi connectivity index (χ4n) is 5.47. The van der Waals surface area contributed by atoms with E-state index in [9.17, 15) is 9.59 Å². The van der Waals surface area contributed by atoms with Gasteiger partial charge in [0.1, 0.15) is 5.92 Å². The van der Waals surface area contributed by atoms with Crippen LogP contribution in [0.25, 0.3) is 0 Å². The minimum absolute atomic E-state index is 0.0231. The second-order valence-electron chi connectivity index (χ2n) is 8.66. The summed E-state index contributed by atoms with van der Waals surface area (Å²) in [5.41, 5.74) is -1.25. The van der Waals surface area contributed by atoms with Crippen molar-refractivity contribution in [1.29, 1.82) is 0 Å². The molecule has 3 rings (SSSR count). The van der Waals surface area contributed by atoms with Gasteiger partial charge in [-0.15, -0.1) is 0 Å². The van der Waals surface area contributed by atoms with Gasteiger partial charge in [-0.25, -0.2) is 4.79 Å². The highest BCUT2D eigenvalue weighted by atomic mass is 16.6. The Bertz CT molecular complexity index is 583. The molecule has 3 aliphatic rings. The fourth-order valence-corrected chi connectivity index (χ4v) is 5.47. The van der Waals surface area contributed by atoms with Gasteiger partial charge in [0, 0.05) is 5.92 Å². The van der Waals surface area contributed by atoms with E-state index >= 15 is 0 Å². The molecule has 0 aliphatic heterocycles. The van der Waals surface area contributed by atoms with Crippen molar-refractivity contribution in [3.63, 3.8) is 0 Å². The van der Waals surface area contributed by atoms with E-state index in [0.717, 1.165) is 19.3 Å². The number of hydrogen-bond acceptors (Lipinski definition) is 5. The zero-order valence-electron chi connectivity index (χ0n) is 16.6. The highest BCUT2D eigenvalue weighted by Crippen LogP contribution is 2.55. The maximum atomic E-state index is 13.0. The zero-order chi connectivity index (χ0) is 19.1. The smallest absolute Gasteiger partial charge is 0.339 e. The molecule has 0 spiro atoms. The lowest BCUT2D eigenvalue weighted by Crippen LogP contribution is -2.58. The van der Waals surface area contributed by atoms with Crippen LogP contribution < -0.4 is 0 Å². The largest absolute Gasteiger partial charge is 0.469 e. The van der Waals surface area contributed by atoms with Gasteiger partial charge in [0.2, 0.25) is 0 Å². The van der Waals surface area contributed by atoms with Crippen molar-refractivity contribution < 1.29 is 23.8 Å². The molecule has 146 valence electrons. The quantitative estimate of drug-likeness (QED) is 0.553. The van der Waals surface area contributed by atoms with Crippen molar-refractivity contribution in [1.82, 2.24) is 0 Å². The molecular weight excluding hydrogens is 332 g/mol. The topological polar surface area (TPSA) is 61.8 Å². The minimum atomic E-state index is -1.25. The van der Waals surface area contributed by atoms with Gasteiger partial charge in [-0.3, -0.25) is 4.79 Å². The summed E-state index contributed by atoms with van der Waals surface area (Å²) in [6.45, 7) is 6.65. The molecule has 0 aromatic carbocycles. The van der Waals surface area contributed by atoms with Gasteiger partial charge in [-0.1, -0.05) is 39.3 Å². The molecule has 0 radical (unpaired) electrons. The van der Waals surface area contributed by atoms with Crippen molar-refractivity contribution >= 4 is 11.9 Å². The molecule has 0 amide bonds. The summed E-state index contributed by atoms with van der Waals surface area (Å²) in [6, 6.07) is 0. The fraction of sp³-hybridized carbons (Fsp3) is 0.810. The third-order valence-corrected chi connectivity index (χ3v) is 6.82. The molecular formula is C21H32O5. The number of allylic oxidation sites excluding steroid dienone is 1. The van der Waals surface area contributed by atoms with Gasteiger partial charge in [0.15, 0.2) is 5.60 Å². The molecule has 2 bridgehead atoms. The third kappa shape index (κ3) is 2.98. The SMILES string of the molecule is COC(=O)[C@@H]1[C@H]2C=C[C@H](C2)[C@@]1(O[C@H]1C[C@@H](C)CC[C@@H]1C(C)C)C(=O)OC. The van der Waals surface area contributed by atoms with Gasteiger partial charge in [-0.05, 0) is 42.9 Å². The Balaban J connectivity index is 1.98. The molecule has 7 atom stereocenters. The molecule has 26 heavy (non-hydrogen) atoms. The van der Waals surface area contributed by atoms with Crippen LogP contribution >= 0.6 is 0 Å². The average Bonchev–Trinajstić information content (AvgIpc) is 3.20. The van der Waals surface area contributed by atoms with E-state index < -0.39 is 17.5 Å². The van der Waals surface area contributed by atoms with Gasteiger partial charge in [-0.2, -0.15) is 0 Å². The van der Waals surface area contributed by atoms with E-state index in [2.05, 4.69) is 20.8 Å². The maximum Gasteiger partial charge on any atom is 0.339 e. The molecule has 5 heteroatoms. The summed E-state index contributed by atoms with van der Waals surface area (Å²) in [6.07, 6.45) is 7.93. The molecule has 0 aromatic heterocycles. The Morgan fingerprint density at radius 3 is 2.42 bits per heavy atom. The molecule has 3 aliphatic carbocycles. The monoisotopic (exact) mass is 364 g/mol. The lowest BCUT2D eigenvalue weighted by atomic mass is 9.73. The summed E-state index contributed by atoms with van der Waals surface area (Å²) in [5, 5.41) is 0. The van der Waals surface area contributed by atoms with Crippen LogP contribution in [0.15, 0.2) is 12.2 Å². The van der Waals surface area contributed by atoms with E-state index in [1.807, 2.05) is 12.2 Å². The maximum absolute atomic E-state index is 13.0. The Labute approximate surface area is 156 Å². The minimum Gasteiger partial charge on any atom is -0.469 e. The van der Waals surface area contributed by atoms with E-state index in [1.165, 1.54) is 20.6 Å². The van der Waals surface area contributed by atoms with E-state index in [4.69, 9.17) is 14.2 Å². The Kier molecular flexibility index (Phi) is 5.48. The molecule has 0 unspecified atom stereocenters. The number of carbonyl (C=O) groups is 2. The van der Waals surface area contributed by atoms with Crippen molar-refractivity contribution in [2.24, 2.45) is 35.5 Å². The number of ether oxygens (including phenoxy) is 3. The molecule has 0 saturated heterocycles. The number of hydrogen-bond donors (Lipinski definition) is 0. The lowest BCUT2D eigenvalue weighted by Gasteiger charge is -2.45. The first-order chi connectivity index (χ1) is 12.3. The highest BCUT2D eigenvalue weighted by molar-refractivity contribution is 5.90. The summed E-state index contributed by atoms with van der Waals surface area (Å²) >= 11 is 0. The number of esters is 2. The van der Waals surface area contributed by atoms with Crippen molar-refractivity contribution in [3.8, 4) is 0 Å². The van der Waals surface area contributed by atoms with Crippen LogP contribution in [0, 0.1) is 35.5 Å². The molecule has 2 fully saturated rings. The number of methoxy groups -OCH3 is 2. The first-order valence-electron chi connectivity index (χ1n) is 9.87. The van der Waals surface area contributed by atoms with Crippen molar-refractivity contribution in [2.75, 3.05) is 14.2 Å². The van der Waals surface area contributed by atoms with E-state index in [0.29, 0.717) is 17.8 Å². The van der Waals surface area contributed by atoms with Gasteiger partial charge in [0.05, 0.1) is 20.3 Å². The third-order valence-electron chi connectivity index (χ3n) is 6.82. The first-order valence-corrected chi connectivity index (χ1v) is 9.87. The predicted molar refractivity (Wildman–Crippen MR) is 97.2 cm³/mol. The second kappa shape index (κ2) is 7.34. The molecule has 2 saturated carbocycles. The number of fused-ring (bicyclic) bond motifs is 2. The van der Waals surface area contributed by atoms with Crippen LogP contribution in [0.5, 0.6) is 0 Å². The van der Waals surface area contributed by atoms with Crippen LogP contribution in [-0.4, -0.2) is 37.9 Å². The number of rotatable bonds is 5. The lowest BCUT2D eigenvalue weighted by molar-refractivity contribution is -0.210. The second-order valence-corrected chi connectivity index (χ2v) is 8.66. The van der Waals surface area contributed by atoms with Gasteiger partial charge in [0.25, 0.3) is 0 Å². The Morgan fingerprint density at radius 2 is 1.81 bits per heavy atom. The average molecular weight is 364 g/mol. The summed E-state index contributed by atoms with van der Waals surface area (Å²) in [7, 11) is 2.75. The van der Waals surface area contributed by atoms with Crippen LogP contribution in [-0.2, 0) is 23.8 Å². The van der Waals surface area contributed by atoms with Crippen LogP contribution in [0.1, 0.15) is 46.5 Å². The summed E-state index contributed by atoms with van der Waals surface area (Å²) < 4.78 is 16.9. The number of carbonyl (C=O) groups excluding carboxylic acids is 2. The van der Waals surface area contributed by atoms with Crippen LogP contribution in [0.4, 0.5) is 0 Å². The molecule has 0 N–H and O–H groups in total. The van der Waals surface area contributed by atoms with Gasteiger partial charge >= 0.3 is 11.9 Å². The van der Waals surface area contributed by atoms with Crippen LogP contribution in [0.2, 0.25) is 0 Å². The molecule has 0 heterocycles. The van der Waals surface area contributed by atoms with Crippen LogP contribution in [0.3, 0.4) is 0 Å². The first kappa shape index (κ1) is 19.4. The van der Waals surface area contributed by atoms with Crippen molar-refractivity contribution in [2.45, 2.75) is 58.2 Å². The van der Waals surface area contributed by atoms with Gasteiger partial charge < -0.3 is 14.2 Å². The van der Waals surface area contributed by atoms with E-state index in [1.54, 1.807) is 0 Å². The zero-order valence-corrected chi connectivity index (χ0v) is 16.6.